The lowest BCUT2D eigenvalue weighted by atomic mass is 10.2. The molecule has 0 radical (unpaired) electrons. The van der Waals surface area contributed by atoms with Gasteiger partial charge in [-0.15, -0.1) is 11.3 Å². The van der Waals surface area contributed by atoms with Crippen molar-refractivity contribution in [1.29, 1.82) is 0 Å². The maximum absolute atomic E-state index is 5.49. The zero-order valence-electron chi connectivity index (χ0n) is 15.1. The second-order valence-electron chi connectivity index (χ2n) is 6.62. The molecule has 1 fully saturated rings. The van der Waals surface area contributed by atoms with Gasteiger partial charge in [0.25, 0.3) is 0 Å². The first-order valence-electron chi connectivity index (χ1n) is 9.10. The summed E-state index contributed by atoms with van der Waals surface area (Å²) in [7, 11) is 1.89. The Bertz CT molecular complexity index is 837. The lowest BCUT2D eigenvalue weighted by molar-refractivity contribution is 0.164. The molecule has 0 saturated carbocycles. The number of anilines is 2. The SMILES string of the molecule is Cn1ccc(NOCCCN2CCN(c3cccc4sccc34)CC2)n1. The summed E-state index contributed by atoms with van der Waals surface area (Å²) in [5, 5.41) is 7.79. The molecule has 0 spiro atoms. The van der Waals surface area contributed by atoms with Crippen LogP contribution in [-0.4, -0.2) is 54.0 Å². The van der Waals surface area contributed by atoms with Gasteiger partial charge in [-0.3, -0.25) is 14.4 Å². The maximum atomic E-state index is 5.49. The molecule has 1 N–H and O–H groups in total. The highest BCUT2D eigenvalue weighted by molar-refractivity contribution is 7.17. The molecule has 0 atom stereocenters. The average molecular weight is 372 g/mol. The number of aromatic nitrogens is 2. The third kappa shape index (κ3) is 4.00. The summed E-state index contributed by atoms with van der Waals surface area (Å²) < 4.78 is 3.13. The summed E-state index contributed by atoms with van der Waals surface area (Å²) in [4.78, 5) is 10.5. The van der Waals surface area contributed by atoms with Gasteiger partial charge in [0.15, 0.2) is 5.82 Å². The third-order valence-electron chi connectivity index (χ3n) is 4.80. The van der Waals surface area contributed by atoms with Crippen molar-refractivity contribution in [2.45, 2.75) is 6.42 Å². The number of nitrogens with one attached hydrogen (secondary N) is 1. The highest BCUT2D eigenvalue weighted by atomic mass is 32.1. The summed E-state index contributed by atoms with van der Waals surface area (Å²) >= 11 is 1.82. The number of aryl methyl sites for hydroxylation is 1. The largest absolute Gasteiger partial charge is 0.368 e. The minimum Gasteiger partial charge on any atom is -0.368 e. The molecular weight excluding hydrogens is 346 g/mol. The number of thiophene rings is 1. The van der Waals surface area contributed by atoms with Crippen LogP contribution in [0.4, 0.5) is 11.5 Å². The number of hydrogen-bond donors (Lipinski definition) is 1. The van der Waals surface area contributed by atoms with Crippen LogP contribution in [0.2, 0.25) is 0 Å². The molecule has 0 amide bonds. The van der Waals surface area contributed by atoms with E-state index in [1.165, 1.54) is 15.8 Å². The van der Waals surface area contributed by atoms with Gasteiger partial charge in [-0.25, -0.2) is 5.48 Å². The first-order chi connectivity index (χ1) is 12.8. The van der Waals surface area contributed by atoms with Gasteiger partial charge in [0.05, 0.1) is 6.61 Å². The van der Waals surface area contributed by atoms with Crippen LogP contribution in [-0.2, 0) is 11.9 Å². The Morgan fingerprint density at radius 2 is 2.04 bits per heavy atom. The Morgan fingerprint density at radius 3 is 2.85 bits per heavy atom. The minimum atomic E-state index is 0.686. The van der Waals surface area contributed by atoms with E-state index >= 15 is 0 Å². The molecule has 0 aliphatic carbocycles. The van der Waals surface area contributed by atoms with Crippen LogP contribution in [0.25, 0.3) is 10.1 Å². The fourth-order valence-corrected chi connectivity index (χ4v) is 4.23. The van der Waals surface area contributed by atoms with Crippen LogP contribution < -0.4 is 10.4 Å². The van der Waals surface area contributed by atoms with Crippen molar-refractivity contribution < 1.29 is 4.84 Å². The van der Waals surface area contributed by atoms with Gasteiger partial charge in [0, 0.05) is 67.8 Å². The average Bonchev–Trinajstić information content (AvgIpc) is 3.30. The molecule has 1 aromatic carbocycles. The van der Waals surface area contributed by atoms with Gasteiger partial charge in [0.2, 0.25) is 0 Å². The van der Waals surface area contributed by atoms with E-state index in [9.17, 15) is 0 Å². The molecule has 0 bridgehead atoms. The number of fused-ring (bicyclic) bond motifs is 1. The van der Waals surface area contributed by atoms with Crippen molar-refractivity contribution in [1.82, 2.24) is 14.7 Å². The Kier molecular flexibility index (Phi) is 5.38. The minimum absolute atomic E-state index is 0.686. The number of rotatable bonds is 7. The van der Waals surface area contributed by atoms with E-state index in [0.717, 1.165) is 45.0 Å². The Balaban J connectivity index is 1.19. The fraction of sp³-hybridized carbons (Fsp3) is 0.421. The second kappa shape index (κ2) is 8.07. The molecule has 6 nitrogen and oxygen atoms in total. The quantitative estimate of drug-likeness (QED) is 0.510. The molecule has 138 valence electrons. The van der Waals surface area contributed by atoms with Gasteiger partial charge in [-0.2, -0.15) is 5.10 Å². The molecule has 0 unspecified atom stereocenters. The zero-order chi connectivity index (χ0) is 17.8. The van der Waals surface area contributed by atoms with Gasteiger partial charge >= 0.3 is 0 Å². The summed E-state index contributed by atoms with van der Waals surface area (Å²) in [5.74, 6) is 0.753. The normalized spacial score (nSPS) is 15.7. The van der Waals surface area contributed by atoms with E-state index < -0.39 is 0 Å². The molecular formula is C19H25N5OS. The Morgan fingerprint density at radius 1 is 1.15 bits per heavy atom. The summed E-state index contributed by atoms with van der Waals surface area (Å²) in [6.45, 7) is 6.14. The van der Waals surface area contributed by atoms with E-state index in [2.05, 4.69) is 50.0 Å². The lowest BCUT2D eigenvalue weighted by Gasteiger charge is -2.36. The van der Waals surface area contributed by atoms with Crippen LogP contribution in [0.15, 0.2) is 41.9 Å². The molecule has 7 heteroatoms. The highest BCUT2D eigenvalue weighted by Gasteiger charge is 2.18. The van der Waals surface area contributed by atoms with E-state index in [1.54, 1.807) is 4.68 Å². The zero-order valence-corrected chi connectivity index (χ0v) is 15.9. The van der Waals surface area contributed by atoms with Gasteiger partial charge < -0.3 is 4.90 Å². The van der Waals surface area contributed by atoms with Crippen LogP contribution in [0.3, 0.4) is 0 Å². The first-order valence-corrected chi connectivity index (χ1v) is 9.98. The predicted octanol–water partition coefficient (Wildman–Crippen LogP) is 3.19. The van der Waals surface area contributed by atoms with Crippen molar-refractivity contribution in [2.24, 2.45) is 7.05 Å². The topological polar surface area (TPSA) is 45.6 Å². The molecule has 3 aromatic rings. The monoisotopic (exact) mass is 371 g/mol. The lowest BCUT2D eigenvalue weighted by Crippen LogP contribution is -2.46. The molecule has 3 heterocycles. The number of hydrogen-bond acceptors (Lipinski definition) is 6. The summed E-state index contributed by atoms with van der Waals surface area (Å²) in [6, 6.07) is 10.8. The molecule has 2 aromatic heterocycles. The van der Waals surface area contributed by atoms with Crippen LogP contribution in [0, 0.1) is 0 Å². The molecule has 1 saturated heterocycles. The van der Waals surface area contributed by atoms with E-state index in [1.807, 2.05) is 30.6 Å². The van der Waals surface area contributed by atoms with Gasteiger partial charge in [-0.1, -0.05) is 6.07 Å². The van der Waals surface area contributed by atoms with E-state index in [-0.39, 0.29) is 0 Å². The standard InChI is InChI=1S/C19H25N5OS/c1-22-9-6-19(20-22)21-25-14-3-8-23-10-12-24(13-11-23)17-4-2-5-18-16(17)7-15-26-18/h2,4-7,9,15H,3,8,10-14H2,1H3,(H,20,21). The molecule has 1 aliphatic rings. The molecule has 26 heavy (non-hydrogen) atoms. The molecule has 1 aliphatic heterocycles. The van der Waals surface area contributed by atoms with Crippen molar-refractivity contribution in [2.75, 3.05) is 49.7 Å². The van der Waals surface area contributed by atoms with E-state index in [0.29, 0.717) is 6.61 Å². The number of benzene rings is 1. The maximum Gasteiger partial charge on any atom is 0.171 e. The van der Waals surface area contributed by atoms with Crippen molar-refractivity contribution >= 4 is 32.9 Å². The van der Waals surface area contributed by atoms with Crippen molar-refractivity contribution in [3.63, 3.8) is 0 Å². The number of piperazine rings is 1. The van der Waals surface area contributed by atoms with Crippen molar-refractivity contribution in [3.8, 4) is 0 Å². The van der Waals surface area contributed by atoms with Crippen LogP contribution in [0.1, 0.15) is 6.42 Å². The molecule has 4 rings (SSSR count). The Hall–Kier alpha value is -2.09. The second-order valence-corrected chi connectivity index (χ2v) is 7.56. The Labute approximate surface area is 157 Å². The van der Waals surface area contributed by atoms with Gasteiger partial charge in [-0.05, 0) is 30.0 Å². The summed E-state index contributed by atoms with van der Waals surface area (Å²) in [5.41, 5.74) is 4.27. The fourth-order valence-electron chi connectivity index (χ4n) is 3.42. The first kappa shape index (κ1) is 17.3. The van der Waals surface area contributed by atoms with Gasteiger partial charge in [0.1, 0.15) is 0 Å². The predicted molar refractivity (Wildman–Crippen MR) is 108 cm³/mol. The van der Waals surface area contributed by atoms with Crippen molar-refractivity contribution in [3.05, 3.63) is 41.9 Å². The van der Waals surface area contributed by atoms with Crippen LogP contribution in [0.5, 0.6) is 0 Å². The van der Waals surface area contributed by atoms with E-state index in [4.69, 9.17) is 4.84 Å². The third-order valence-corrected chi connectivity index (χ3v) is 5.68. The smallest absolute Gasteiger partial charge is 0.171 e. The van der Waals surface area contributed by atoms with Crippen LogP contribution >= 0.6 is 11.3 Å². The number of nitrogens with zero attached hydrogens (tertiary/aromatic N) is 4. The highest BCUT2D eigenvalue weighted by Crippen LogP contribution is 2.31. The summed E-state index contributed by atoms with van der Waals surface area (Å²) in [6.07, 6.45) is 2.90.